The Morgan fingerprint density at radius 2 is 1.87 bits per heavy atom. The molecule has 0 aliphatic carbocycles. The molecule has 0 atom stereocenters. The summed E-state index contributed by atoms with van der Waals surface area (Å²) in [7, 11) is 0. The molecule has 3 heteroatoms. The van der Waals surface area contributed by atoms with E-state index in [1.807, 2.05) is 38.1 Å². The zero-order chi connectivity index (χ0) is 10.8. The van der Waals surface area contributed by atoms with Crippen LogP contribution in [0.25, 0.3) is 0 Å². The highest BCUT2D eigenvalue weighted by Crippen LogP contribution is 2.13. The van der Waals surface area contributed by atoms with E-state index >= 15 is 0 Å². The Morgan fingerprint density at radius 3 is 2.40 bits per heavy atom. The number of benzene rings is 1. The average molecular weight is 217 g/mol. The molecule has 1 aromatic carbocycles. The molecular formula is C12H11NOS. The highest BCUT2D eigenvalue weighted by atomic mass is 32.1. The summed E-state index contributed by atoms with van der Waals surface area (Å²) >= 11 is 1.50. The van der Waals surface area contributed by atoms with E-state index in [4.69, 9.17) is 0 Å². The van der Waals surface area contributed by atoms with Crippen LogP contribution in [0, 0.1) is 13.8 Å². The lowest BCUT2D eigenvalue weighted by Crippen LogP contribution is -2.01. The van der Waals surface area contributed by atoms with Crippen LogP contribution in [-0.2, 0) is 0 Å². The number of rotatable bonds is 2. The minimum atomic E-state index is -0.000602. The lowest BCUT2D eigenvalue weighted by molar-refractivity contribution is 0.103. The van der Waals surface area contributed by atoms with Gasteiger partial charge < -0.3 is 0 Å². The Balaban J connectivity index is 2.32. The topological polar surface area (TPSA) is 30.0 Å². The molecule has 15 heavy (non-hydrogen) atoms. The molecule has 1 aromatic heterocycles. The maximum Gasteiger partial charge on any atom is 0.212 e. The van der Waals surface area contributed by atoms with E-state index in [2.05, 4.69) is 4.98 Å². The number of aryl methyl sites for hydroxylation is 2. The van der Waals surface area contributed by atoms with Crippen LogP contribution in [0.2, 0.25) is 0 Å². The minimum Gasteiger partial charge on any atom is -0.287 e. The number of carbonyl (C=O) groups is 1. The van der Waals surface area contributed by atoms with Gasteiger partial charge in [0.25, 0.3) is 0 Å². The predicted molar refractivity (Wildman–Crippen MR) is 61.5 cm³/mol. The van der Waals surface area contributed by atoms with Gasteiger partial charge in [0.15, 0.2) is 0 Å². The number of ketones is 1. The number of thiazole rings is 1. The molecule has 76 valence electrons. The van der Waals surface area contributed by atoms with Gasteiger partial charge in [0.2, 0.25) is 5.78 Å². The van der Waals surface area contributed by atoms with Gasteiger partial charge in [-0.25, -0.2) is 4.98 Å². The molecule has 0 saturated carbocycles. The molecular weight excluding hydrogens is 206 g/mol. The van der Waals surface area contributed by atoms with Crippen molar-refractivity contribution in [3.8, 4) is 0 Å². The first-order valence-electron chi connectivity index (χ1n) is 4.70. The predicted octanol–water partition coefficient (Wildman–Crippen LogP) is 2.99. The number of nitrogens with zero attached hydrogens (tertiary/aromatic N) is 1. The fourth-order valence-corrected chi connectivity index (χ4v) is 1.91. The molecule has 0 saturated heterocycles. The van der Waals surface area contributed by atoms with Gasteiger partial charge in [0.1, 0.15) is 5.69 Å². The first kappa shape index (κ1) is 10.1. The second-order valence-corrected chi connectivity index (χ2v) is 4.51. The van der Waals surface area contributed by atoms with Crippen LogP contribution in [0.15, 0.2) is 29.6 Å². The Hall–Kier alpha value is -1.48. The largest absolute Gasteiger partial charge is 0.287 e. The molecule has 0 unspecified atom stereocenters. The maximum absolute atomic E-state index is 11.9. The second kappa shape index (κ2) is 3.95. The van der Waals surface area contributed by atoms with Crippen molar-refractivity contribution in [1.29, 1.82) is 0 Å². The van der Waals surface area contributed by atoms with E-state index in [1.165, 1.54) is 11.3 Å². The van der Waals surface area contributed by atoms with Crippen molar-refractivity contribution in [3.63, 3.8) is 0 Å². The molecule has 1 heterocycles. The Bertz CT molecular complexity index is 485. The first-order chi connectivity index (χ1) is 7.16. The van der Waals surface area contributed by atoms with E-state index in [-0.39, 0.29) is 5.78 Å². The van der Waals surface area contributed by atoms with Gasteiger partial charge >= 0.3 is 0 Å². The third kappa shape index (κ3) is 2.13. The quantitative estimate of drug-likeness (QED) is 0.724. The number of hydrogen-bond donors (Lipinski definition) is 0. The van der Waals surface area contributed by atoms with Crippen molar-refractivity contribution in [2.45, 2.75) is 13.8 Å². The monoisotopic (exact) mass is 217 g/mol. The fraction of sp³-hybridized carbons (Fsp3) is 0.167. The number of aromatic nitrogens is 1. The van der Waals surface area contributed by atoms with Crippen LogP contribution in [0.3, 0.4) is 0 Å². The molecule has 2 nitrogen and oxygen atoms in total. The Labute approximate surface area is 92.6 Å². The van der Waals surface area contributed by atoms with Gasteiger partial charge in [0, 0.05) is 10.9 Å². The highest BCUT2D eigenvalue weighted by Gasteiger charge is 2.11. The van der Waals surface area contributed by atoms with Gasteiger partial charge in [-0.15, -0.1) is 11.3 Å². The van der Waals surface area contributed by atoms with Crippen molar-refractivity contribution in [2.75, 3.05) is 0 Å². The fourth-order valence-electron chi connectivity index (χ4n) is 1.32. The van der Waals surface area contributed by atoms with Gasteiger partial charge in [0.05, 0.1) is 5.01 Å². The SMILES string of the molecule is Cc1ccc(C(=O)c2csc(C)n2)cc1. The molecule has 0 bridgehead atoms. The van der Waals surface area contributed by atoms with Crippen molar-refractivity contribution in [2.24, 2.45) is 0 Å². The van der Waals surface area contributed by atoms with Crippen molar-refractivity contribution in [1.82, 2.24) is 4.98 Å². The molecule has 0 N–H and O–H groups in total. The van der Waals surface area contributed by atoms with E-state index in [1.54, 1.807) is 5.38 Å². The number of hydrogen-bond acceptors (Lipinski definition) is 3. The van der Waals surface area contributed by atoms with E-state index in [0.29, 0.717) is 11.3 Å². The van der Waals surface area contributed by atoms with Gasteiger partial charge in [-0.1, -0.05) is 29.8 Å². The highest BCUT2D eigenvalue weighted by molar-refractivity contribution is 7.09. The smallest absolute Gasteiger partial charge is 0.212 e. The molecule has 0 fully saturated rings. The zero-order valence-electron chi connectivity index (χ0n) is 8.65. The van der Waals surface area contributed by atoms with Crippen LogP contribution in [0.4, 0.5) is 0 Å². The van der Waals surface area contributed by atoms with Crippen LogP contribution in [0.5, 0.6) is 0 Å². The van der Waals surface area contributed by atoms with Crippen molar-refractivity contribution >= 4 is 17.1 Å². The summed E-state index contributed by atoms with van der Waals surface area (Å²) in [6.45, 7) is 3.90. The summed E-state index contributed by atoms with van der Waals surface area (Å²) in [6.07, 6.45) is 0. The summed E-state index contributed by atoms with van der Waals surface area (Å²) in [5.41, 5.74) is 2.40. The third-order valence-electron chi connectivity index (χ3n) is 2.17. The molecule has 0 aliphatic heterocycles. The molecule has 0 amide bonds. The Morgan fingerprint density at radius 1 is 1.20 bits per heavy atom. The minimum absolute atomic E-state index is 0.000602. The van der Waals surface area contributed by atoms with Gasteiger partial charge in [-0.05, 0) is 13.8 Å². The van der Waals surface area contributed by atoms with Crippen LogP contribution in [0.1, 0.15) is 26.6 Å². The maximum atomic E-state index is 11.9. The third-order valence-corrected chi connectivity index (χ3v) is 2.94. The van der Waals surface area contributed by atoms with Crippen LogP contribution < -0.4 is 0 Å². The summed E-state index contributed by atoms with van der Waals surface area (Å²) < 4.78 is 0. The average Bonchev–Trinajstić information content (AvgIpc) is 2.65. The molecule has 2 aromatic rings. The Kier molecular flexibility index (Phi) is 2.64. The van der Waals surface area contributed by atoms with Crippen molar-refractivity contribution in [3.05, 3.63) is 51.5 Å². The first-order valence-corrected chi connectivity index (χ1v) is 5.58. The molecule has 0 spiro atoms. The second-order valence-electron chi connectivity index (χ2n) is 3.45. The van der Waals surface area contributed by atoms with Gasteiger partial charge in [-0.3, -0.25) is 4.79 Å². The van der Waals surface area contributed by atoms with Crippen molar-refractivity contribution < 1.29 is 4.79 Å². The number of carbonyl (C=O) groups excluding carboxylic acids is 1. The molecule has 0 aliphatic rings. The van der Waals surface area contributed by atoms with Gasteiger partial charge in [-0.2, -0.15) is 0 Å². The molecule has 0 radical (unpaired) electrons. The van der Waals surface area contributed by atoms with Crippen LogP contribution >= 0.6 is 11.3 Å². The summed E-state index contributed by atoms with van der Waals surface area (Å²) in [6, 6.07) is 7.55. The van der Waals surface area contributed by atoms with E-state index in [0.717, 1.165) is 10.6 Å². The lowest BCUT2D eigenvalue weighted by atomic mass is 10.1. The normalized spacial score (nSPS) is 10.3. The summed E-state index contributed by atoms with van der Waals surface area (Å²) in [5.74, 6) is -0.000602. The standard InChI is InChI=1S/C12H11NOS/c1-8-3-5-10(6-4-8)12(14)11-7-15-9(2)13-11/h3-7H,1-2H3. The lowest BCUT2D eigenvalue weighted by Gasteiger charge is -1.97. The summed E-state index contributed by atoms with van der Waals surface area (Å²) in [4.78, 5) is 16.1. The van der Waals surface area contributed by atoms with E-state index < -0.39 is 0 Å². The summed E-state index contributed by atoms with van der Waals surface area (Å²) in [5, 5.41) is 2.72. The van der Waals surface area contributed by atoms with Crippen LogP contribution in [-0.4, -0.2) is 10.8 Å². The van der Waals surface area contributed by atoms with E-state index in [9.17, 15) is 4.79 Å². The molecule has 2 rings (SSSR count). The zero-order valence-corrected chi connectivity index (χ0v) is 9.47.